The van der Waals surface area contributed by atoms with Crippen molar-refractivity contribution in [3.63, 3.8) is 0 Å². The number of ether oxygens (including phenoxy) is 1. The van der Waals surface area contributed by atoms with Gasteiger partial charge in [-0.1, -0.05) is 30.3 Å². The number of likely N-dealkylation sites (tertiary alicyclic amines) is 1. The highest BCUT2D eigenvalue weighted by Gasteiger charge is 2.34. The van der Waals surface area contributed by atoms with E-state index >= 15 is 0 Å². The minimum Gasteiger partial charge on any atom is -0.466 e. The molecule has 1 aliphatic heterocycles. The number of halogens is 1. The average molecular weight is 463 g/mol. The molecule has 7 nitrogen and oxygen atoms in total. The van der Waals surface area contributed by atoms with Gasteiger partial charge in [-0.3, -0.25) is 9.59 Å². The van der Waals surface area contributed by atoms with E-state index in [0.717, 1.165) is 29.8 Å². The number of amides is 1. The Morgan fingerprint density at radius 1 is 1.16 bits per heavy atom. The van der Waals surface area contributed by atoms with Gasteiger partial charge >= 0.3 is 5.97 Å². The van der Waals surface area contributed by atoms with Gasteiger partial charge < -0.3 is 9.64 Å². The second-order valence-electron chi connectivity index (χ2n) is 7.69. The minimum atomic E-state index is -4.07. The van der Waals surface area contributed by atoms with Crippen LogP contribution in [-0.4, -0.2) is 50.9 Å². The van der Waals surface area contributed by atoms with Gasteiger partial charge in [0.05, 0.1) is 17.4 Å². The van der Waals surface area contributed by atoms with Crippen LogP contribution in [-0.2, 0) is 30.8 Å². The number of carbonyl (C=O) groups excluding carboxylic acids is 2. The van der Waals surface area contributed by atoms with Gasteiger partial charge in [-0.15, -0.1) is 0 Å². The molecule has 1 aliphatic rings. The summed E-state index contributed by atoms with van der Waals surface area (Å²) in [5, 5.41) is 0. The third-order valence-electron chi connectivity index (χ3n) is 5.36. The zero-order valence-corrected chi connectivity index (χ0v) is 18.7. The molecule has 3 rings (SSSR count). The summed E-state index contributed by atoms with van der Waals surface area (Å²) in [6.45, 7) is 2.60. The molecule has 0 spiro atoms. The fourth-order valence-corrected chi connectivity index (χ4v) is 4.94. The van der Waals surface area contributed by atoms with E-state index < -0.39 is 33.7 Å². The largest absolute Gasteiger partial charge is 0.466 e. The van der Waals surface area contributed by atoms with Crippen LogP contribution in [0, 0.1) is 11.7 Å². The number of sulfonamides is 1. The lowest BCUT2D eigenvalue weighted by Crippen LogP contribution is -2.53. The first kappa shape index (κ1) is 23.9. The molecule has 1 saturated heterocycles. The van der Waals surface area contributed by atoms with Crippen LogP contribution in [0.4, 0.5) is 4.39 Å². The lowest BCUT2D eigenvalue weighted by Gasteiger charge is -2.34. The van der Waals surface area contributed by atoms with E-state index in [4.69, 9.17) is 4.74 Å². The number of nitrogens with zero attached hydrogens (tertiary/aromatic N) is 1. The first-order valence-corrected chi connectivity index (χ1v) is 12.1. The highest BCUT2D eigenvalue weighted by molar-refractivity contribution is 7.89. The zero-order valence-electron chi connectivity index (χ0n) is 17.9. The van der Waals surface area contributed by atoms with Gasteiger partial charge in [-0.25, -0.2) is 12.8 Å². The first-order chi connectivity index (χ1) is 15.3. The SMILES string of the molecule is CCOC(=O)C1CCCN(C(=O)C(Cc2ccccc2)NS(=O)(=O)c2ccc(F)cc2)C1. The van der Waals surface area contributed by atoms with Crippen LogP contribution in [0.15, 0.2) is 59.5 Å². The molecule has 0 radical (unpaired) electrons. The van der Waals surface area contributed by atoms with E-state index in [1.54, 1.807) is 6.92 Å². The number of nitrogens with one attached hydrogen (secondary N) is 1. The summed E-state index contributed by atoms with van der Waals surface area (Å²) in [7, 11) is -4.07. The Bertz CT molecular complexity index is 1030. The molecule has 2 unspecified atom stereocenters. The number of esters is 1. The standard InChI is InChI=1S/C23H27FN2O5S/c1-2-31-23(28)18-9-6-14-26(16-18)22(27)21(15-17-7-4-3-5-8-17)25-32(29,30)20-12-10-19(24)11-13-20/h3-5,7-8,10-13,18,21,25H,2,6,9,14-16H2,1H3. The van der Waals surface area contributed by atoms with Crippen LogP contribution < -0.4 is 4.72 Å². The van der Waals surface area contributed by atoms with Crippen molar-refractivity contribution in [1.82, 2.24) is 9.62 Å². The molecule has 1 N–H and O–H groups in total. The number of rotatable bonds is 8. The predicted molar refractivity (Wildman–Crippen MR) is 117 cm³/mol. The molecule has 0 bridgehead atoms. The van der Waals surface area contributed by atoms with Gasteiger partial charge in [-0.05, 0) is 56.0 Å². The van der Waals surface area contributed by atoms with Crippen LogP contribution in [0.5, 0.6) is 0 Å². The molecule has 172 valence electrons. The summed E-state index contributed by atoms with van der Waals surface area (Å²) in [6, 6.07) is 12.4. The predicted octanol–water partition coefficient (Wildman–Crippen LogP) is 2.52. The molecule has 1 amide bonds. The van der Waals surface area contributed by atoms with Crippen LogP contribution in [0.2, 0.25) is 0 Å². The first-order valence-electron chi connectivity index (χ1n) is 10.6. The van der Waals surface area contributed by atoms with Crippen LogP contribution in [0.25, 0.3) is 0 Å². The second kappa shape index (κ2) is 10.7. The quantitative estimate of drug-likeness (QED) is 0.609. The van der Waals surface area contributed by atoms with Crippen molar-refractivity contribution in [2.75, 3.05) is 19.7 Å². The van der Waals surface area contributed by atoms with Gasteiger partial charge in [0, 0.05) is 13.1 Å². The van der Waals surface area contributed by atoms with E-state index in [0.29, 0.717) is 19.4 Å². The molecule has 0 aromatic heterocycles. The van der Waals surface area contributed by atoms with Gasteiger partial charge in [-0.2, -0.15) is 4.72 Å². The van der Waals surface area contributed by atoms with Crippen LogP contribution >= 0.6 is 0 Å². The lowest BCUT2D eigenvalue weighted by molar-refractivity contribution is -0.151. The Labute approximate surface area is 187 Å². The highest BCUT2D eigenvalue weighted by Crippen LogP contribution is 2.20. The van der Waals surface area contributed by atoms with Crippen LogP contribution in [0.3, 0.4) is 0 Å². The Balaban J connectivity index is 1.82. The third-order valence-corrected chi connectivity index (χ3v) is 6.84. The van der Waals surface area contributed by atoms with E-state index in [9.17, 15) is 22.4 Å². The summed E-state index contributed by atoms with van der Waals surface area (Å²) in [4.78, 5) is 26.9. The number of hydrogen-bond acceptors (Lipinski definition) is 5. The Hall–Kier alpha value is -2.78. The van der Waals surface area contributed by atoms with E-state index in [1.807, 2.05) is 30.3 Å². The molecule has 32 heavy (non-hydrogen) atoms. The topological polar surface area (TPSA) is 92.8 Å². The van der Waals surface area contributed by atoms with Gasteiger partial charge in [0.1, 0.15) is 11.9 Å². The van der Waals surface area contributed by atoms with Crippen molar-refractivity contribution in [2.24, 2.45) is 5.92 Å². The number of piperidine rings is 1. The van der Waals surface area contributed by atoms with Crippen molar-refractivity contribution in [2.45, 2.75) is 37.1 Å². The van der Waals surface area contributed by atoms with E-state index in [2.05, 4.69) is 4.72 Å². The van der Waals surface area contributed by atoms with Crippen molar-refractivity contribution >= 4 is 21.9 Å². The van der Waals surface area contributed by atoms with Gasteiger partial charge in [0.15, 0.2) is 0 Å². The summed E-state index contributed by atoms with van der Waals surface area (Å²) in [5.74, 6) is -1.75. The molecule has 9 heteroatoms. The van der Waals surface area contributed by atoms with Crippen molar-refractivity contribution in [1.29, 1.82) is 0 Å². The molecule has 0 saturated carbocycles. The Morgan fingerprint density at radius 2 is 1.84 bits per heavy atom. The Morgan fingerprint density at radius 3 is 2.50 bits per heavy atom. The lowest BCUT2D eigenvalue weighted by atomic mass is 9.97. The highest BCUT2D eigenvalue weighted by atomic mass is 32.2. The van der Waals surface area contributed by atoms with Gasteiger partial charge in [0.2, 0.25) is 15.9 Å². The fraction of sp³-hybridized carbons (Fsp3) is 0.391. The maximum absolute atomic E-state index is 13.4. The number of hydrogen-bond donors (Lipinski definition) is 1. The molecule has 1 heterocycles. The molecule has 0 aliphatic carbocycles. The summed E-state index contributed by atoms with van der Waals surface area (Å²) >= 11 is 0. The second-order valence-corrected chi connectivity index (χ2v) is 9.41. The molecule has 2 aromatic carbocycles. The third kappa shape index (κ3) is 6.14. The smallest absolute Gasteiger partial charge is 0.310 e. The maximum Gasteiger partial charge on any atom is 0.310 e. The van der Waals surface area contributed by atoms with Crippen molar-refractivity contribution < 1.29 is 27.1 Å². The molecule has 1 fully saturated rings. The summed E-state index contributed by atoms with van der Waals surface area (Å²) < 4.78 is 46.6. The normalized spacial score (nSPS) is 17.6. The fourth-order valence-electron chi connectivity index (χ4n) is 3.75. The molecular weight excluding hydrogens is 435 g/mol. The van der Waals surface area contributed by atoms with Crippen molar-refractivity contribution in [3.8, 4) is 0 Å². The monoisotopic (exact) mass is 462 g/mol. The molecule has 2 aromatic rings. The van der Waals surface area contributed by atoms with Crippen molar-refractivity contribution in [3.05, 3.63) is 66.0 Å². The number of carbonyl (C=O) groups is 2. The zero-order chi connectivity index (χ0) is 23.1. The Kier molecular flexibility index (Phi) is 7.98. The average Bonchev–Trinajstić information content (AvgIpc) is 2.79. The molecule has 2 atom stereocenters. The van der Waals surface area contributed by atoms with Gasteiger partial charge in [0.25, 0.3) is 0 Å². The maximum atomic E-state index is 13.4. The van der Waals surface area contributed by atoms with E-state index in [-0.39, 0.29) is 30.4 Å². The molecular formula is C23H27FN2O5S. The summed E-state index contributed by atoms with van der Waals surface area (Å²) in [6.07, 6.45) is 1.38. The summed E-state index contributed by atoms with van der Waals surface area (Å²) in [5.41, 5.74) is 0.784. The van der Waals surface area contributed by atoms with E-state index in [1.165, 1.54) is 4.90 Å². The number of benzene rings is 2. The van der Waals surface area contributed by atoms with Crippen LogP contribution in [0.1, 0.15) is 25.3 Å². The minimum absolute atomic E-state index is 0.132.